The van der Waals surface area contributed by atoms with Crippen LogP contribution in [0.25, 0.3) is 0 Å². The van der Waals surface area contributed by atoms with E-state index in [1.165, 1.54) is 18.2 Å². The Balaban J connectivity index is 2.43. The molecule has 0 saturated heterocycles. The third-order valence-electron chi connectivity index (χ3n) is 2.71. The Morgan fingerprint density at radius 2 is 2.05 bits per heavy atom. The smallest absolute Gasteiger partial charge is 0.319 e. The Bertz CT molecular complexity index is 451. The van der Waals surface area contributed by atoms with Crippen molar-refractivity contribution in [3.05, 3.63) is 30.1 Å². The highest BCUT2D eigenvalue weighted by Crippen LogP contribution is 2.12. The maximum absolute atomic E-state index is 13.3. The predicted molar refractivity (Wildman–Crippen MR) is 69.5 cm³/mol. The number of hydrogen-bond acceptors (Lipinski definition) is 2. The molecule has 0 radical (unpaired) electrons. The first-order chi connectivity index (χ1) is 9.02. The lowest BCUT2D eigenvalue weighted by atomic mass is 10.0. The quantitative estimate of drug-likeness (QED) is 0.741. The molecule has 1 rings (SSSR count). The molecule has 0 spiro atoms. The summed E-state index contributed by atoms with van der Waals surface area (Å²) >= 11 is 0. The van der Waals surface area contributed by atoms with Gasteiger partial charge in [0.2, 0.25) is 0 Å². The second-order valence-corrected chi connectivity index (χ2v) is 4.19. The minimum absolute atomic E-state index is 0.00349. The van der Waals surface area contributed by atoms with Crippen LogP contribution < -0.4 is 10.6 Å². The molecule has 2 amide bonds. The lowest BCUT2D eigenvalue weighted by Gasteiger charge is -2.14. The molecule has 0 aliphatic carbocycles. The number of anilines is 1. The normalized spacial score (nSPS) is 11.7. The molecule has 0 aliphatic rings. The van der Waals surface area contributed by atoms with Crippen LogP contribution in [0, 0.1) is 11.7 Å². The van der Waals surface area contributed by atoms with Crippen molar-refractivity contribution in [1.29, 1.82) is 0 Å². The summed E-state index contributed by atoms with van der Waals surface area (Å²) in [4.78, 5) is 22.1. The molecule has 1 aromatic rings. The largest absolute Gasteiger partial charge is 0.481 e. The molecular formula is C13H17FN2O3. The van der Waals surface area contributed by atoms with Crippen molar-refractivity contribution in [1.82, 2.24) is 5.32 Å². The summed E-state index contributed by atoms with van der Waals surface area (Å²) < 4.78 is 13.3. The van der Waals surface area contributed by atoms with E-state index in [1.54, 1.807) is 6.07 Å². The summed E-state index contributed by atoms with van der Waals surface area (Å²) in [6, 6.07) is 5.28. The van der Waals surface area contributed by atoms with Crippen molar-refractivity contribution in [2.24, 2.45) is 5.92 Å². The molecule has 0 aliphatic heterocycles. The van der Waals surface area contributed by atoms with Gasteiger partial charge in [0.05, 0.1) is 5.69 Å². The zero-order valence-electron chi connectivity index (χ0n) is 10.6. The minimum atomic E-state index is -0.900. The van der Waals surface area contributed by atoms with Gasteiger partial charge in [0.25, 0.3) is 0 Å². The average molecular weight is 268 g/mol. The third kappa shape index (κ3) is 5.37. The Morgan fingerprint density at radius 3 is 2.63 bits per heavy atom. The molecule has 1 unspecified atom stereocenters. The van der Waals surface area contributed by atoms with Crippen molar-refractivity contribution in [2.45, 2.75) is 19.8 Å². The molecule has 3 N–H and O–H groups in total. The van der Waals surface area contributed by atoms with E-state index in [9.17, 15) is 14.0 Å². The van der Waals surface area contributed by atoms with Gasteiger partial charge in [-0.2, -0.15) is 0 Å². The highest BCUT2D eigenvalue weighted by atomic mass is 19.1. The summed E-state index contributed by atoms with van der Waals surface area (Å²) in [5.41, 5.74) is 0.0892. The van der Waals surface area contributed by atoms with Crippen LogP contribution in [-0.2, 0) is 4.79 Å². The van der Waals surface area contributed by atoms with Gasteiger partial charge in [-0.25, -0.2) is 9.18 Å². The summed E-state index contributed by atoms with van der Waals surface area (Å²) in [6.45, 7) is 2.09. The van der Waals surface area contributed by atoms with Crippen LogP contribution in [0.3, 0.4) is 0 Å². The number of halogens is 1. The van der Waals surface area contributed by atoms with Crippen LogP contribution in [0.5, 0.6) is 0 Å². The van der Waals surface area contributed by atoms with Crippen molar-refractivity contribution >= 4 is 17.7 Å². The summed E-state index contributed by atoms with van der Waals surface area (Å²) in [6.07, 6.45) is 0.642. The fourth-order valence-corrected chi connectivity index (χ4v) is 1.57. The molecule has 0 aromatic heterocycles. The zero-order valence-corrected chi connectivity index (χ0v) is 10.6. The van der Waals surface area contributed by atoms with Gasteiger partial charge in [0.15, 0.2) is 0 Å². The lowest BCUT2D eigenvalue weighted by Crippen LogP contribution is -2.33. The van der Waals surface area contributed by atoms with Crippen molar-refractivity contribution < 1.29 is 19.1 Å². The predicted octanol–water partition coefficient (Wildman–Crippen LogP) is 2.45. The Kier molecular flexibility index (Phi) is 5.78. The molecule has 0 bridgehead atoms. The first kappa shape index (κ1) is 14.9. The molecule has 5 nitrogen and oxygen atoms in total. The molecule has 6 heteroatoms. The van der Waals surface area contributed by atoms with Gasteiger partial charge in [0.1, 0.15) is 5.82 Å². The van der Waals surface area contributed by atoms with Crippen molar-refractivity contribution in [3.63, 3.8) is 0 Å². The summed E-state index contributed by atoms with van der Waals surface area (Å²) in [5.74, 6) is -1.55. The first-order valence-electron chi connectivity index (χ1n) is 6.04. The van der Waals surface area contributed by atoms with E-state index in [4.69, 9.17) is 5.11 Å². The molecule has 0 saturated carbocycles. The van der Waals surface area contributed by atoms with Crippen LogP contribution in [-0.4, -0.2) is 23.7 Å². The van der Waals surface area contributed by atoms with E-state index in [-0.39, 0.29) is 24.6 Å². The standard InChI is InChI=1S/C13H17FN2O3/c1-2-9(7-12(17)18)8-15-13(19)16-11-6-4-3-5-10(11)14/h3-6,9H,2,7-8H2,1H3,(H,17,18)(H2,15,16,19). The van der Waals surface area contributed by atoms with Gasteiger partial charge < -0.3 is 15.7 Å². The maximum Gasteiger partial charge on any atom is 0.319 e. The molecule has 104 valence electrons. The SMILES string of the molecule is CCC(CNC(=O)Nc1ccccc1F)CC(=O)O. The monoisotopic (exact) mass is 268 g/mol. The van der Waals surface area contributed by atoms with Crippen LogP contribution in [0.4, 0.5) is 14.9 Å². The van der Waals surface area contributed by atoms with Gasteiger partial charge in [-0.15, -0.1) is 0 Å². The van der Waals surface area contributed by atoms with Gasteiger partial charge in [-0.05, 0) is 18.1 Å². The van der Waals surface area contributed by atoms with Crippen molar-refractivity contribution in [3.8, 4) is 0 Å². The second kappa shape index (κ2) is 7.35. The van der Waals surface area contributed by atoms with Crippen molar-refractivity contribution in [2.75, 3.05) is 11.9 Å². The van der Waals surface area contributed by atoms with Crippen LogP contribution in [0.2, 0.25) is 0 Å². The van der Waals surface area contributed by atoms with E-state index in [2.05, 4.69) is 10.6 Å². The summed E-state index contributed by atoms with van der Waals surface area (Å²) in [7, 11) is 0. The molecule has 19 heavy (non-hydrogen) atoms. The van der Waals surface area contributed by atoms with Gasteiger partial charge in [-0.3, -0.25) is 4.79 Å². The molecule has 0 heterocycles. The Labute approximate surface area is 110 Å². The highest BCUT2D eigenvalue weighted by molar-refractivity contribution is 5.89. The molecular weight excluding hydrogens is 251 g/mol. The van der Waals surface area contributed by atoms with Crippen LogP contribution in [0.15, 0.2) is 24.3 Å². The highest BCUT2D eigenvalue weighted by Gasteiger charge is 2.13. The van der Waals surface area contributed by atoms with Crippen LogP contribution >= 0.6 is 0 Å². The summed E-state index contributed by atoms with van der Waals surface area (Å²) in [5, 5.41) is 13.6. The Hall–Kier alpha value is -2.11. The van der Waals surface area contributed by atoms with E-state index < -0.39 is 17.8 Å². The first-order valence-corrected chi connectivity index (χ1v) is 6.04. The topological polar surface area (TPSA) is 78.4 Å². The number of urea groups is 1. The number of hydrogen-bond donors (Lipinski definition) is 3. The number of carboxylic acids is 1. The number of nitrogens with one attached hydrogen (secondary N) is 2. The number of para-hydroxylation sites is 1. The van der Waals surface area contributed by atoms with Gasteiger partial charge in [-0.1, -0.05) is 25.5 Å². The van der Waals surface area contributed by atoms with E-state index in [0.717, 1.165) is 0 Å². The number of rotatable bonds is 6. The Morgan fingerprint density at radius 1 is 1.37 bits per heavy atom. The van der Waals surface area contributed by atoms with Gasteiger partial charge >= 0.3 is 12.0 Å². The molecule has 1 atom stereocenters. The lowest BCUT2D eigenvalue weighted by molar-refractivity contribution is -0.138. The zero-order chi connectivity index (χ0) is 14.3. The minimum Gasteiger partial charge on any atom is -0.481 e. The van der Waals surface area contributed by atoms with Gasteiger partial charge in [0, 0.05) is 13.0 Å². The number of carbonyl (C=O) groups excluding carboxylic acids is 1. The fourth-order valence-electron chi connectivity index (χ4n) is 1.57. The third-order valence-corrected chi connectivity index (χ3v) is 2.71. The van der Waals surface area contributed by atoms with E-state index in [0.29, 0.717) is 6.42 Å². The molecule has 0 fully saturated rings. The number of carboxylic acid groups (broad SMARTS) is 1. The van der Waals surface area contributed by atoms with E-state index in [1.807, 2.05) is 6.92 Å². The average Bonchev–Trinajstić information content (AvgIpc) is 2.37. The van der Waals surface area contributed by atoms with Crippen LogP contribution in [0.1, 0.15) is 19.8 Å². The number of aliphatic carboxylic acids is 1. The number of carbonyl (C=O) groups is 2. The number of benzene rings is 1. The number of amides is 2. The van der Waals surface area contributed by atoms with E-state index >= 15 is 0 Å². The molecule has 1 aromatic carbocycles. The fraction of sp³-hybridized carbons (Fsp3) is 0.385. The second-order valence-electron chi connectivity index (χ2n) is 4.19. The maximum atomic E-state index is 13.3.